The molecule has 2 aromatic rings. The van der Waals surface area contributed by atoms with Crippen LogP contribution in [0.2, 0.25) is 0 Å². The van der Waals surface area contributed by atoms with Crippen LogP contribution >= 0.6 is 0 Å². The molecular formula is C15H13FN2O3. The Morgan fingerprint density at radius 1 is 1.29 bits per heavy atom. The molecule has 108 valence electrons. The lowest BCUT2D eigenvalue weighted by atomic mass is 10.1. The molecule has 0 atom stereocenters. The second-order valence-electron chi connectivity index (χ2n) is 4.55. The second-order valence-corrected chi connectivity index (χ2v) is 4.55. The Morgan fingerprint density at radius 3 is 2.71 bits per heavy atom. The number of aryl methyl sites for hydroxylation is 1. The van der Waals surface area contributed by atoms with Crippen molar-refractivity contribution in [1.29, 1.82) is 0 Å². The number of carbonyl (C=O) groups is 1. The molecule has 0 fully saturated rings. The summed E-state index contributed by atoms with van der Waals surface area (Å²) in [6.45, 7) is 1.67. The molecule has 0 aromatic heterocycles. The standard InChI is InChI=1S/C15H13FN2O3/c1-10-4-2-7-13(14(10)16)15(19)17-9-11-5-3-6-12(8-11)18(20)21/h2-8H,9H2,1H3,(H,17,19). The maximum absolute atomic E-state index is 13.8. The van der Waals surface area contributed by atoms with Crippen LogP contribution in [-0.4, -0.2) is 10.8 Å². The van der Waals surface area contributed by atoms with Crippen LogP contribution in [0.5, 0.6) is 0 Å². The number of nitrogens with zero attached hydrogens (tertiary/aromatic N) is 1. The monoisotopic (exact) mass is 288 g/mol. The summed E-state index contributed by atoms with van der Waals surface area (Å²) in [6, 6.07) is 10.5. The predicted octanol–water partition coefficient (Wildman–Crippen LogP) is 2.97. The average Bonchev–Trinajstić information content (AvgIpc) is 2.48. The van der Waals surface area contributed by atoms with Crippen molar-refractivity contribution in [2.75, 3.05) is 0 Å². The number of hydrogen-bond acceptors (Lipinski definition) is 3. The van der Waals surface area contributed by atoms with E-state index >= 15 is 0 Å². The maximum atomic E-state index is 13.8. The Labute approximate surface area is 120 Å². The van der Waals surface area contributed by atoms with Gasteiger partial charge in [-0.15, -0.1) is 0 Å². The largest absolute Gasteiger partial charge is 0.348 e. The zero-order valence-electron chi connectivity index (χ0n) is 11.3. The van der Waals surface area contributed by atoms with E-state index in [4.69, 9.17) is 0 Å². The van der Waals surface area contributed by atoms with Gasteiger partial charge in [-0.2, -0.15) is 0 Å². The SMILES string of the molecule is Cc1cccc(C(=O)NCc2cccc([N+](=O)[O-])c2)c1F. The number of benzene rings is 2. The van der Waals surface area contributed by atoms with Crippen LogP contribution in [-0.2, 0) is 6.54 Å². The number of nitro benzene ring substituents is 1. The minimum atomic E-state index is -0.561. The van der Waals surface area contributed by atoms with Crippen LogP contribution in [0.25, 0.3) is 0 Å². The number of rotatable bonds is 4. The van der Waals surface area contributed by atoms with Gasteiger partial charge in [0.25, 0.3) is 11.6 Å². The summed E-state index contributed by atoms with van der Waals surface area (Å²) >= 11 is 0. The number of amides is 1. The number of non-ortho nitro benzene ring substituents is 1. The zero-order chi connectivity index (χ0) is 15.4. The fourth-order valence-electron chi connectivity index (χ4n) is 1.88. The van der Waals surface area contributed by atoms with Gasteiger partial charge in [-0.1, -0.05) is 24.3 Å². The summed E-state index contributed by atoms with van der Waals surface area (Å²) < 4.78 is 13.8. The van der Waals surface area contributed by atoms with E-state index in [1.54, 1.807) is 25.1 Å². The van der Waals surface area contributed by atoms with Gasteiger partial charge in [0, 0.05) is 18.7 Å². The van der Waals surface area contributed by atoms with Gasteiger partial charge in [0.1, 0.15) is 5.82 Å². The van der Waals surface area contributed by atoms with Crippen LogP contribution in [0.4, 0.5) is 10.1 Å². The highest BCUT2D eigenvalue weighted by molar-refractivity contribution is 5.94. The van der Waals surface area contributed by atoms with E-state index in [2.05, 4.69) is 5.32 Å². The zero-order valence-corrected chi connectivity index (χ0v) is 11.3. The van der Waals surface area contributed by atoms with Crippen LogP contribution in [0, 0.1) is 22.9 Å². The first kappa shape index (κ1) is 14.6. The van der Waals surface area contributed by atoms with Gasteiger partial charge < -0.3 is 5.32 Å². The molecule has 1 amide bonds. The van der Waals surface area contributed by atoms with Crippen LogP contribution in [0.1, 0.15) is 21.5 Å². The number of hydrogen-bond donors (Lipinski definition) is 1. The van der Waals surface area contributed by atoms with Crippen LogP contribution in [0.3, 0.4) is 0 Å². The molecule has 5 nitrogen and oxygen atoms in total. The van der Waals surface area contributed by atoms with Crippen molar-refractivity contribution >= 4 is 11.6 Å². The molecule has 0 radical (unpaired) electrons. The smallest absolute Gasteiger partial charge is 0.269 e. The molecule has 2 rings (SSSR count). The van der Waals surface area contributed by atoms with Gasteiger partial charge >= 0.3 is 0 Å². The second kappa shape index (κ2) is 6.13. The molecule has 0 saturated carbocycles. The molecule has 0 unspecified atom stereocenters. The highest BCUT2D eigenvalue weighted by atomic mass is 19.1. The van der Waals surface area contributed by atoms with Crippen molar-refractivity contribution in [3.05, 3.63) is 75.1 Å². The quantitative estimate of drug-likeness (QED) is 0.694. The van der Waals surface area contributed by atoms with E-state index in [0.717, 1.165) is 0 Å². The summed E-state index contributed by atoms with van der Waals surface area (Å²) in [4.78, 5) is 22.1. The summed E-state index contributed by atoms with van der Waals surface area (Å²) in [5.74, 6) is -1.11. The highest BCUT2D eigenvalue weighted by Crippen LogP contribution is 2.14. The van der Waals surface area contributed by atoms with Crippen molar-refractivity contribution in [2.45, 2.75) is 13.5 Å². The molecule has 2 aromatic carbocycles. The van der Waals surface area contributed by atoms with Gasteiger partial charge in [-0.25, -0.2) is 4.39 Å². The molecule has 0 spiro atoms. The topological polar surface area (TPSA) is 72.2 Å². The Morgan fingerprint density at radius 2 is 2.00 bits per heavy atom. The third-order valence-electron chi connectivity index (χ3n) is 3.01. The molecule has 21 heavy (non-hydrogen) atoms. The van der Waals surface area contributed by atoms with Crippen LogP contribution < -0.4 is 5.32 Å². The van der Waals surface area contributed by atoms with E-state index < -0.39 is 16.6 Å². The van der Waals surface area contributed by atoms with E-state index in [1.807, 2.05) is 0 Å². The minimum absolute atomic E-state index is 0.0413. The number of halogens is 1. The first-order valence-corrected chi connectivity index (χ1v) is 6.25. The Hall–Kier alpha value is -2.76. The van der Waals surface area contributed by atoms with E-state index in [0.29, 0.717) is 11.1 Å². The Kier molecular flexibility index (Phi) is 4.27. The van der Waals surface area contributed by atoms with Gasteiger partial charge in [0.15, 0.2) is 0 Å². The van der Waals surface area contributed by atoms with E-state index in [-0.39, 0.29) is 17.8 Å². The molecule has 1 N–H and O–H groups in total. The molecule has 0 aliphatic heterocycles. The summed E-state index contributed by atoms with van der Waals surface area (Å²) in [5.41, 5.74) is 0.868. The number of carbonyl (C=O) groups excluding carboxylic acids is 1. The summed E-state index contributed by atoms with van der Waals surface area (Å²) in [6.07, 6.45) is 0. The number of nitro groups is 1. The first-order chi connectivity index (χ1) is 9.99. The Balaban J connectivity index is 2.09. The van der Waals surface area contributed by atoms with Crippen LogP contribution in [0.15, 0.2) is 42.5 Å². The lowest BCUT2D eigenvalue weighted by molar-refractivity contribution is -0.384. The average molecular weight is 288 g/mol. The third kappa shape index (κ3) is 3.42. The molecule has 0 aliphatic rings. The van der Waals surface area contributed by atoms with Gasteiger partial charge in [-0.05, 0) is 24.1 Å². The lowest BCUT2D eigenvalue weighted by Gasteiger charge is -2.07. The van der Waals surface area contributed by atoms with Gasteiger partial charge in [-0.3, -0.25) is 14.9 Å². The normalized spacial score (nSPS) is 10.2. The fourth-order valence-corrected chi connectivity index (χ4v) is 1.88. The van der Waals surface area contributed by atoms with Gasteiger partial charge in [0.05, 0.1) is 10.5 Å². The Bertz CT molecular complexity index is 701. The molecule has 6 heteroatoms. The van der Waals surface area contributed by atoms with Crippen molar-refractivity contribution in [3.8, 4) is 0 Å². The van der Waals surface area contributed by atoms with E-state index in [9.17, 15) is 19.3 Å². The highest BCUT2D eigenvalue weighted by Gasteiger charge is 2.13. The first-order valence-electron chi connectivity index (χ1n) is 6.25. The summed E-state index contributed by atoms with van der Waals surface area (Å²) in [5, 5.41) is 13.2. The molecule has 0 aliphatic carbocycles. The molecule has 0 saturated heterocycles. The molecule has 0 heterocycles. The maximum Gasteiger partial charge on any atom is 0.269 e. The minimum Gasteiger partial charge on any atom is -0.348 e. The van der Waals surface area contributed by atoms with Crippen molar-refractivity contribution in [1.82, 2.24) is 5.32 Å². The third-order valence-corrected chi connectivity index (χ3v) is 3.01. The lowest BCUT2D eigenvalue weighted by Crippen LogP contribution is -2.24. The van der Waals surface area contributed by atoms with Crippen molar-refractivity contribution in [2.24, 2.45) is 0 Å². The van der Waals surface area contributed by atoms with Crippen molar-refractivity contribution < 1.29 is 14.1 Å². The summed E-state index contributed by atoms with van der Waals surface area (Å²) in [7, 11) is 0. The molecular weight excluding hydrogens is 275 g/mol. The predicted molar refractivity (Wildman–Crippen MR) is 75.4 cm³/mol. The fraction of sp³-hybridized carbons (Fsp3) is 0.133. The van der Waals surface area contributed by atoms with Gasteiger partial charge in [0.2, 0.25) is 0 Å². The molecule has 0 bridgehead atoms. The van der Waals surface area contributed by atoms with E-state index in [1.165, 1.54) is 24.3 Å². The van der Waals surface area contributed by atoms with Crippen molar-refractivity contribution in [3.63, 3.8) is 0 Å². The number of nitrogens with one attached hydrogen (secondary N) is 1.